The van der Waals surface area contributed by atoms with Gasteiger partial charge in [-0.1, -0.05) is 6.58 Å². The third kappa shape index (κ3) is 6.61. The van der Waals surface area contributed by atoms with Gasteiger partial charge in [0.25, 0.3) is 0 Å². The second kappa shape index (κ2) is 9.64. The highest BCUT2D eigenvalue weighted by Crippen LogP contribution is 2.27. The highest BCUT2D eigenvalue weighted by Gasteiger charge is 2.36. The summed E-state index contributed by atoms with van der Waals surface area (Å²) in [5.74, 6) is -0.369. The van der Waals surface area contributed by atoms with Crippen molar-refractivity contribution in [3.63, 3.8) is 0 Å². The Morgan fingerprint density at radius 2 is 1.56 bits per heavy atom. The molecule has 0 bridgehead atoms. The number of carbonyl (C=O) groups excluding carboxylic acids is 1. The molecule has 0 aliphatic heterocycles. The first-order valence-electron chi connectivity index (χ1n) is 5.24. The standard InChI is InChI=1S/C10H18O5Si3/c1-8(2)9(11)15-7-6-10(16-12-3,17-13-4)18-14-5/h1,6-7H2,2-5H3. The molecule has 0 spiro atoms. The van der Waals surface area contributed by atoms with E-state index in [2.05, 4.69) is 6.58 Å². The quantitative estimate of drug-likeness (QED) is 0.331. The first-order valence-corrected chi connectivity index (χ1v) is 7.97. The van der Waals surface area contributed by atoms with Crippen LogP contribution in [0, 0.1) is 0 Å². The highest BCUT2D eigenvalue weighted by molar-refractivity contribution is 6.74. The predicted molar refractivity (Wildman–Crippen MR) is 71.4 cm³/mol. The minimum Gasteiger partial charge on any atom is -0.462 e. The molecule has 5 nitrogen and oxygen atoms in total. The fourth-order valence-corrected chi connectivity index (χ4v) is 5.15. The second-order valence-corrected chi connectivity index (χ2v) is 9.39. The van der Waals surface area contributed by atoms with Gasteiger partial charge in [-0.25, -0.2) is 4.79 Å². The van der Waals surface area contributed by atoms with Crippen molar-refractivity contribution < 1.29 is 22.8 Å². The monoisotopic (exact) mass is 302 g/mol. The Kier molecular flexibility index (Phi) is 9.50. The lowest BCUT2D eigenvalue weighted by atomic mass is 10.4. The Hall–Kier alpha value is -0.259. The van der Waals surface area contributed by atoms with Crippen molar-refractivity contribution >= 4 is 35.3 Å². The van der Waals surface area contributed by atoms with Crippen LogP contribution in [-0.4, -0.2) is 63.2 Å². The summed E-state index contributed by atoms with van der Waals surface area (Å²) in [6.45, 7) is 5.48. The summed E-state index contributed by atoms with van der Waals surface area (Å²) in [5, 5.41) is 0. The number of esters is 1. The lowest BCUT2D eigenvalue weighted by molar-refractivity contribution is -0.139. The maximum atomic E-state index is 11.3. The summed E-state index contributed by atoms with van der Waals surface area (Å²) >= 11 is 0. The van der Waals surface area contributed by atoms with Gasteiger partial charge < -0.3 is 18.0 Å². The Balaban J connectivity index is 4.37. The summed E-state index contributed by atoms with van der Waals surface area (Å²) in [6.07, 6.45) is 0.650. The van der Waals surface area contributed by atoms with Gasteiger partial charge in [0, 0.05) is 31.2 Å². The molecule has 0 rings (SSSR count). The Labute approximate surface area is 116 Å². The van der Waals surface area contributed by atoms with E-state index >= 15 is 0 Å². The van der Waals surface area contributed by atoms with Gasteiger partial charge in [-0.3, -0.25) is 0 Å². The topological polar surface area (TPSA) is 54.0 Å². The van der Waals surface area contributed by atoms with Crippen LogP contribution in [0.5, 0.6) is 0 Å². The molecule has 0 saturated heterocycles. The molecule has 0 aromatic carbocycles. The van der Waals surface area contributed by atoms with Gasteiger partial charge in [-0.2, -0.15) is 0 Å². The summed E-state index contributed by atoms with van der Waals surface area (Å²) < 4.78 is 20.6. The van der Waals surface area contributed by atoms with E-state index in [0.29, 0.717) is 18.6 Å². The van der Waals surface area contributed by atoms with Gasteiger partial charge in [-0.05, 0) is 13.3 Å². The van der Waals surface area contributed by atoms with Gasteiger partial charge in [0.1, 0.15) is 0 Å². The van der Waals surface area contributed by atoms with Gasteiger partial charge in [0.2, 0.25) is 29.3 Å². The minimum absolute atomic E-state index is 0.215. The van der Waals surface area contributed by atoms with Crippen LogP contribution < -0.4 is 0 Å². The van der Waals surface area contributed by atoms with Crippen molar-refractivity contribution in [3.05, 3.63) is 12.2 Å². The molecule has 18 heavy (non-hydrogen) atoms. The molecule has 0 aromatic heterocycles. The van der Waals surface area contributed by atoms with E-state index in [9.17, 15) is 4.79 Å². The van der Waals surface area contributed by atoms with Crippen LogP contribution in [-0.2, 0) is 22.8 Å². The van der Waals surface area contributed by atoms with Gasteiger partial charge >= 0.3 is 5.97 Å². The van der Waals surface area contributed by atoms with Crippen LogP contribution in [0.4, 0.5) is 0 Å². The number of carbonyl (C=O) groups is 1. The Morgan fingerprint density at radius 1 is 1.11 bits per heavy atom. The van der Waals surface area contributed by atoms with E-state index in [1.807, 2.05) is 0 Å². The highest BCUT2D eigenvalue weighted by atomic mass is 28.4. The fourth-order valence-electron chi connectivity index (χ4n) is 1.16. The number of ether oxygens (including phenoxy) is 1. The zero-order chi connectivity index (χ0) is 14.0. The average molecular weight is 303 g/mol. The Bertz CT molecular complexity index is 255. The summed E-state index contributed by atoms with van der Waals surface area (Å²) in [7, 11) is 5.69. The van der Waals surface area contributed by atoms with Gasteiger partial charge in [0.05, 0.1) is 6.61 Å². The first kappa shape index (κ1) is 17.7. The summed E-state index contributed by atoms with van der Waals surface area (Å²) in [4.78, 5) is 11.3. The zero-order valence-corrected chi connectivity index (χ0v) is 14.2. The molecular formula is C10H18O5Si3. The SMILES string of the molecule is C=C(C)C(=O)OCCC([Si]OC)([Si]OC)[Si]OC. The van der Waals surface area contributed by atoms with E-state index in [-0.39, 0.29) is 39.5 Å². The molecule has 0 N–H and O–H groups in total. The smallest absolute Gasteiger partial charge is 0.333 e. The molecule has 8 heteroatoms. The van der Waals surface area contributed by atoms with Crippen LogP contribution in [0.15, 0.2) is 12.2 Å². The van der Waals surface area contributed by atoms with E-state index in [0.717, 1.165) is 0 Å². The van der Waals surface area contributed by atoms with Crippen LogP contribution in [0.3, 0.4) is 0 Å². The van der Waals surface area contributed by atoms with Crippen LogP contribution in [0.25, 0.3) is 0 Å². The maximum absolute atomic E-state index is 11.3. The lowest BCUT2D eigenvalue weighted by Gasteiger charge is -2.27. The molecule has 0 aliphatic rings. The lowest BCUT2D eigenvalue weighted by Crippen LogP contribution is -2.38. The molecular weight excluding hydrogens is 284 g/mol. The van der Waals surface area contributed by atoms with E-state index in [4.69, 9.17) is 18.0 Å². The molecule has 0 fully saturated rings. The normalized spacial score (nSPS) is 11.3. The van der Waals surface area contributed by atoms with Gasteiger partial charge in [-0.15, -0.1) is 0 Å². The van der Waals surface area contributed by atoms with Gasteiger partial charge in [0.15, 0.2) is 0 Å². The minimum atomic E-state index is -0.369. The molecule has 0 heterocycles. The van der Waals surface area contributed by atoms with Crippen molar-refractivity contribution in [2.24, 2.45) is 0 Å². The molecule has 0 saturated carbocycles. The largest absolute Gasteiger partial charge is 0.462 e. The molecule has 0 aromatic rings. The van der Waals surface area contributed by atoms with Crippen molar-refractivity contribution in [2.45, 2.75) is 17.6 Å². The molecule has 0 unspecified atom stereocenters. The maximum Gasteiger partial charge on any atom is 0.333 e. The molecule has 0 aliphatic carbocycles. The number of rotatable bonds is 10. The Morgan fingerprint density at radius 3 is 1.89 bits per heavy atom. The van der Waals surface area contributed by atoms with E-state index in [1.54, 1.807) is 28.3 Å². The van der Waals surface area contributed by atoms with Crippen molar-refractivity contribution in [3.8, 4) is 0 Å². The van der Waals surface area contributed by atoms with Crippen molar-refractivity contribution in [1.29, 1.82) is 0 Å². The van der Waals surface area contributed by atoms with E-state index < -0.39 is 0 Å². The number of hydrogen-bond donors (Lipinski definition) is 0. The zero-order valence-electron chi connectivity index (χ0n) is 11.2. The molecule has 0 amide bonds. The third-order valence-electron chi connectivity index (χ3n) is 1.89. The third-order valence-corrected chi connectivity index (χ3v) is 6.13. The van der Waals surface area contributed by atoms with Crippen LogP contribution in [0.2, 0.25) is 4.28 Å². The van der Waals surface area contributed by atoms with E-state index in [1.165, 1.54) is 0 Å². The van der Waals surface area contributed by atoms with Crippen molar-refractivity contribution in [1.82, 2.24) is 0 Å². The molecule has 100 valence electrons. The first-order chi connectivity index (χ1) is 8.51. The van der Waals surface area contributed by atoms with Crippen LogP contribution >= 0.6 is 0 Å². The number of hydrogen-bond acceptors (Lipinski definition) is 5. The molecule has 0 atom stereocenters. The summed E-state index contributed by atoms with van der Waals surface area (Å²) in [6, 6.07) is 0. The molecule has 6 radical (unpaired) electrons. The predicted octanol–water partition coefficient (Wildman–Crippen LogP) is 0.366. The van der Waals surface area contributed by atoms with Crippen LogP contribution in [0.1, 0.15) is 13.3 Å². The van der Waals surface area contributed by atoms with Crippen molar-refractivity contribution in [2.75, 3.05) is 27.9 Å². The summed E-state index contributed by atoms with van der Waals surface area (Å²) in [5.41, 5.74) is 0.401. The fraction of sp³-hybridized carbons (Fsp3) is 0.700. The second-order valence-electron chi connectivity index (χ2n) is 3.49. The average Bonchev–Trinajstić information content (AvgIpc) is 2.29.